The minimum Gasteiger partial charge on any atom is -0.386 e. The van der Waals surface area contributed by atoms with Gasteiger partial charge in [0.1, 0.15) is 0 Å². The summed E-state index contributed by atoms with van der Waals surface area (Å²) in [6.07, 6.45) is 0. The highest BCUT2D eigenvalue weighted by Gasteiger charge is 2.16. The van der Waals surface area contributed by atoms with Crippen LogP contribution in [-0.2, 0) is 5.60 Å². The minimum absolute atomic E-state index is 0.772. The summed E-state index contributed by atoms with van der Waals surface area (Å²) in [6, 6.07) is 6.01. The van der Waals surface area contributed by atoms with Crippen molar-refractivity contribution < 1.29 is 5.11 Å². The van der Waals surface area contributed by atoms with Crippen LogP contribution in [0.1, 0.15) is 25.1 Å². The van der Waals surface area contributed by atoms with E-state index >= 15 is 0 Å². The topological polar surface area (TPSA) is 33.1 Å². The van der Waals surface area contributed by atoms with Crippen LogP contribution in [0.5, 0.6) is 0 Å². The minimum atomic E-state index is -0.772. The summed E-state index contributed by atoms with van der Waals surface area (Å²) >= 11 is 1.48. The number of aromatic nitrogens is 1. The molecule has 0 amide bonds. The van der Waals surface area contributed by atoms with E-state index in [1.165, 1.54) is 16.9 Å². The number of aliphatic hydroxyl groups is 1. The fourth-order valence-electron chi connectivity index (χ4n) is 1.44. The molecule has 0 fully saturated rings. The van der Waals surface area contributed by atoms with Crippen molar-refractivity contribution >= 4 is 21.6 Å². The molecule has 3 heteroatoms. The zero-order chi connectivity index (χ0) is 10.3. The predicted octanol–water partition coefficient (Wildman–Crippen LogP) is 2.83. The molecule has 0 aliphatic carbocycles. The molecule has 0 bridgehead atoms. The van der Waals surface area contributed by atoms with Gasteiger partial charge in [-0.25, -0.2) is 0 Å². The number of nitrogens with zero attached hydrogens (tertiary/aromatic N) is 1. The number of hydrogen-bond donors (Lipinski definition) is 1. The maximum absolute atomic E-state index is 9.84. The molecule has 0 saturated heterocycles. The first-order valence-electron chi connectivity index (χ1n) is 4.57. The lowest BCUT2D eigenvalue weighted by molar-refractivity contribution is 0.0787. The fraction of sp³-hybridized carbons (Fsp3) is 0.364. The van der Waals surface area contributed by atoms with E-state index in [0.717, 1.165) is 16.0 Å². The van der Waals surface area contributed by atoms with Crippen molar-refractivity contribution in [1.29, 1.82) is 0 Å². The smallest absolute Gasteiger partial charge is 0.0841 e. The summed E-state index contributed by atoms with van der Waals surface area (Å²) < 4.78 is 5.42. The SMILES string of the molecule is Cc1nsc2cc(C(C)(C)O)ccc12. The second-order valence-electron chi connectivity index (χ2n) is 4.04. The Bertz CT molecular complexity index is 468. The first-order chi connectivity index (χ1) is 6.48. The molecule has 0 atom stereocenters. The summed E-state index contributed by atoms with van der Waals surface area (Å²) in [7, 11) is 0. The van der Waals surface area contributed by atoms with Gasteiger partial charge < -0.3 is 5.11 Å². The summed E-state index contributed by atoms with van der Waals surface area (Å²) in [5.74, 6) is 0. The van der Waals surface area contributed by atoms with E-state index in [-0.39, 0.29) is 0 Å². The third-order valence-electron chi connectivity index (χ3n) is 2.36. The molecule has 74 valence electrons. The van der Waals surface area contributed by atoms with Crippen LogP contribution in [0.15, 0.2) is 18.2 Å². The van der Waals surface area contributed by atoms with Crippen molar-refractivity contribution in [2.24, 2.45) is 0 Å². The average Bonchev–Trinajstić information content (AvgIpc) is 2.46. The normalized spacial score (nSPS) is 12.3. The van der Waals surface area contributed by atoms with Gasteiger partial charge in [-0.15, -0.1) is 0 Å². The molecule has 0 aliphatic heterocycles. The summed E-state index contributed by atoms with van der Waals surface area (Å²) in [5, 5.41) is 11.0. The van der Waals surface area contributed by atoms with E-state index in [4.69, 9.17) is 0 Å². The zero-order valence-electron chi connectivity index (χ0n) is 8.53. The molecular formula is C11H13NOS. The Hall–Kier alpha value is -0.930. The number of fused-ring (bicyclic) bond motifs is 1. The molecule has 2 rings (SSSR count). The van der Waals surface area contributed by atoms with Gasteiger partial charge in [0.05, 0.1) is 16.0 Å². The maximum Gasteiger partial charge on any atom is 0.0841 e. The molecular weight excluding hydrogens is 194 g/mol. The molecule has 0 saturated carbocycles. The summed E-state index contributed by atoms with van der Waals surface area (Å²) in [4.78, 5) is 0. The highest BCUT2D eigenvalue weighted by atomic mass is 32.1. The Morgan fingerprint density at radius 1 is 1.36 bits per heavy atom. The van der Waals surface area contributed by atoms with Crippen LogP contribution in [0, 0.1) is 6.92 Å². The number of hydrogen-bond acceptors (Lipinski definition) is 3. The number of rotatable bonds is 1. The molecule has 2 aromatic rings. The van der Waals surface area contributed by atoms with E-state index in [9.17, 15) is 5.11 Å². The molecule has 0 unspecified atom stereocenters. The highest BCUT2D eigenvalue weighted by Crippen LogP contribution is 2.28. The molecule has 1 N–H and O–H groups in total. The Morgan fingerprint density at radius 2 is 2.07 bits per heavy atom. The Morgan fingerprint density at radius 3 is 2.71 bits per heavy atom. The molecule has 0 aliphatic rings. The third-order valence-corrected chi connectivity index (χ3v) is 3.26. The lowest BCUT2D eigenvalue weighted by atomic mass is 9.98. The van der Waals surface area contributed by atoms with Gasteiger partial charge in [-0.1, -0.05) is 12.1 Å². The Labute approximate surface area is 87.4 Å². The molecule has 1 aromatic heterocycles. The Kier molecular flexibility index (Phi) is 2.09. The van der Waals surface area contributed by atoms with Gasteiger partial charge in [-0.05, 0) is 43.9 Å². The van der Waals surface area contributed by atoms with Gasteiger partial charge >= 0.3 is 0 Å². The van der Waals surface area contributed by atoms with Crippen molar-refractivity contribution in [3.05, 3.63) is 29.5 Å². The molecule has 1 heterocycles. The maximum atomic E-state index is 9.84. The number of benzene rings is 1. The molecule has 14 heavy (non-hydrogen) atoms. The second kappa shape index (κ2) is 3.04. The van der Waals surface area contributed by atoms with E-state index < -0.39 is 5.60 Å². The third kappa shape index (κ3) is 1.53. The van der Waals surface area contributed by atoms with Gasteiger partial charge in [0.2, 0.25) is 0 Å². The van der Waals surface area contributed by atoms with Crippen LogP contribution in [0.4, 0.5) is 0 Å². The van der Waals surface area contributed by atoms with Crippen molar-refractivity contribution in [3.63, 3.8) is 0 Å². The van der Waals surface area contributed by atoms with Crippen LogP contribution >= 0.6 is 11.5 Å². The van der Waals surface area contributed by atoms with Gasteiger partial charge in [0.25, 0.3) is 0 Å². The van der Waals surface area contributed by atoms with Gasteiger partial charge in [-0.3, -0.25) is 0 Å². The molecule has 1 aromatic carbocycles. The molecule has 0 spiro atoms. The van der Waals surface area contributed by atoms with E-state index in [1.807, 2.05) is 25.1 Å². The van der Waals surface area contributed by atoms with Crippen LogP contribution in [0.3, 0.4) is 0 Å². The summed E-state index contributed by atoms with van der Waals surface area (Å²) in [5.41, 5.74) is 1.23. The largest absolute Gasteiger partial charge is 0.386 e. The van der Waals surface area contributed by atoms with Gasteiger partial charge in [-0.2, -0.15) is 4.37 Å². The average molecular weight is 207 g/mol. The van der Waals surface area contributed by atoms with Crippen LogP contribution < -0.4 is 0 Å². The van der Waals surface area contributed by atoms with Crippen LogP contribution in [0.25, 0.3) is 10.1 Å². The van der Waals surface area contributed by atoms with Crippen LogP contribution in [-0.4, -0.2) is 9.48 Å². The quantitative estimate of drug-likeness (QED) is 0.780. The van der Waals surface area contributed by atoms with Gasteiger partial charge in [0, 0.05) is 5.39 Å². The van der Waals surface area contributed by atoms with Crippen LogP contribution in [0.2, 0.25) is 0 Å². The predicted molar refractivity (Wildman–Crippen MR) is 59.6 cm³/mol. The van der Waals surface area contributed by atoms with E-state index in [0.29, 0.717) is 0 Å². The van der Waals surface area contributed by atoms with Crippen molar-refractivity contribution in [2.45, 2.75) is 26.4 Å². The lowest BCUT2D eigenvalue weighted by Gasteiger charge is -2.17. The van der Waals surface area contributed by atoms with Crippen molar-refractivity contribution in [2.75, 3.05) is 0 Å². The summed E-state index contributed by atoms with van der Waals surface area (Å²) in [6.45, 7) is 5.59. The lowest BCUT2D eigenvalue weighted by Crippen LogP contribution is -2.14. The van der Waals surface area contributed by atoms with Crippen molar-refractivity contribution in [1.82, 2.24) is 4.37 Å². The highest BCUT2D eigenvalue weighted by molar-refractivity contribution is 7.13. The Balaban J connectivity index is 2.63. The van der Waals surface area contributed by atoms with Crippen molar-refractivity contribution in [3.8, 4) is 0 Å². The molecule has 0 radical (unpaired) electrons. The monoisotopic (exact) mass is 207 g/mol. The zero-order valence-corrected chi connectivity index (χ0v) is 9.35. The van der Waals surface area contributed by atoms with E-state index in [1.54, 1.807) is 13.8 Å². The first-order valence-corrected chi connectivity index (χ1v) is 5.35. The number of aryl methyl sites for hydroxylation is 1. The molecule has 2 nitrogen and oxygen atoms in total. The fourth-order valence-corrected chi connectivity index (χ4v) is 2.27. The second-order valence-corrected chi connectivity index (χ2v) is 4.84. The van der Waals surface area contributed by atoms with Gasteiger partial charge in [0.15, 0.2) is 0 Å². The van der Waals surface area contributed by atoms with E-state index in [2.05, 4.69) is 4.37 Å². The standard InChI is InChI=1S/C11H13NOS/c1-7-9-5-4-8(11(2,3)13)6-10(9)14-12-7/h4-6,13H,1-3H3. The first kappa shape index (κ1) is 9.62.